The maximum atomic E-state index is 6.05. The standard InChI is InChI=1S/C33H31NO6S/c1-35-27-15-14-22(12-13-23-19-29(36-2)32(38-4)30(20-23)37-3)18-28(27)40-17-16-39-25-9-7-8-24(21-25)33-34-26-10-5-6-11-31(26)41-33/h5-15,18-21H,16-17H2,1-4H3. The number of nitrogens with zero attached hydrogens (tertiary/aromatic N) is 1. The minimum absolute atomic E-state index is 0.349. The molecule has 0 amide bonds. The van der Waals surface area contributed by atoms with Crippen molar-refractivity contribution in [3.63, 3.8) is 0 Å². The van der Waals surface area contributed by atoms with Crippen LogP contribution < -0.4 is 28.4 Å². The van der Waals surface area contributed by atoms with Gasteiger partial charge < -0.3 is 28.4 Å². The molecule has 0 aliphatic heterocycles. The maximum Gasteiger partial charge on any atom is 0.203 e. The number of methoxy groups -OCH3 is 4. The molecule has 0 aliphatic carbocycles. The molecule has 0 spiro atoms. The van der Waals surface area contributed by atoms with Gasteiger partial charge in [-0.3, -0.25) is 0 Å². The van der Waals surface area contributed by atoms with Crippen molar-refractivity contribution in [1.29, 1.82) is 0 Å². The van der Waals surface area contributed by atoms with E-state index in [4.69, 9.17) is 33.4 Å². The predicted molar refractivity (Wildman–Crippen MR) is 164 cm³/mol. The summed E-state index contributed by atoms with van der Waals surface area (Å²) in [6.45, 7) is 0.722. The molecule has 7 nitrogen and oxygen atoms in total. The lowest BCUT2D eigenvalue weighted by Crippen LogP contribution is -2.09. The highest BCUT2D eigenvalue weighted by atomic mass is 32.1. The highest BCUT2D eigenvalue weighted by Gasteiger charge is 2.12. The zero-order valence-electron chi connectivity index (χ0n) is 23.4. The van der Waals surface area contributed by atoms with Gasteiger partial charge in [0.15, 0.2) is 23.0 Å². The van der Waals surface area contributed by atoms with Crippen LogP contribution in [-0.4, -0.2) is 46.6 Å². The van der Waals surface area contributed by atoms with E-state index in [1.54, 1.807) is 39.8 Å². The lowest BCUT2D eigenvalue weighted by Gasteiger charge is -2.13. The minimum Gasteiger partial charge on any atom is -0.493 e. The van der Waals surface area contributed by atoms with E-state index < -0.39 is 0 Å². The Morgan fingerprint density at radius 3 is 2.07 bits per heavy atom. The van der Waals surface area contributed by atoms with Gasteiger partial charge in [-0.1, -0.05) is 42.5 Å². The Balaban J connectivity index is 1.23. The van der Waals surface area contributed by atoms with Gasteiger partial charge in [0.1, 0.15) is 24.0 Å². The summed E-state index contributed by atoms with van der Waals surface area (Å²) in [5.41, 5.74) is 3.87. The number of hydrogen-bond donors (Lipinski definition) is 0. The molecule has 41 heavy (non-hydrogen) atoms. The van der Waals surface area contributed by atoms with Crippen LogP contribution in [-0.2, 0) is 0 Å². The first-order chi connectivity index (χ1) is 20.1. The van der Waals surface area contributed by atoms with Gasteiger partial charge in [-0.15, -0.1) is 11.3 Å². The fourth-order valence-corrected chi connectivity index (χ4v) is 5.29. The van der Waals surface area contributed by atoms with Crippen LogP contribution in [0, 0.1) is 0 Å². The molecule has 0 bridgehead atoms. The molecule has 5 aromatic rings. The normalized spacial score (nSPS) is 11.0. The highest BCUT2D eigenvalue weighted by Crippen LogP contribution is 2.39. The third-order valence-electron chi connectivity index (χ3n) is 6.33. The van der Waals surface area contributed by atoms with E-state index >= 15 is 0 Å². The summed E-state index contributed by atoms with van der Waals surface area (Å²) in [4.78, 5) is 4.75. The monoisotopic (exact) mass is 569 g/mol. The highest BCUT2D eigenvalue weighted by molar-refractivity contribution is 7.21. The molecular formula is C33H31NO6S. The molecule has 4 aromatic carbocycles. The second-order valence-electron chi connectivity index (χ2n) is 8.91. The second-order valence-corrected chi connectivity index (χ2v) is 9.94. The molecule has 210 valence electrons. The largest absolute Gasteiger partial charge is 0.493 e. The molecule has 1 heterocycles. The molecule has 5 rings (SSSR count). The van der Waals surface area contributed by atoms with Crippen molar-refractivity contribution in [3.05, 3.63) is 90.0 Å². The van der Waals surface area contributed by atoms with Gasteiger partial charge in [-0.2, -0.15) is 0 Å². The first kappa shape index (κ1) is 27.9. The molecule has 0 fully saturated rings. The molecular weight excluding hydrogens is 538 g/mol. The third-order valence-corrected chi connectivity index (χ3v) is 7.41. The van der Waals surface area contributed by atoms with Crippen LogP contribution in [0.25, 0.3) is 32.9 Å². The van der Waals surface area contributed by atoms with Crippen LogP contribution in [0.15, 0.2) is 78.9 Å². The van der Waals surface area contributed by atoms with Crippen molar-refractivity contribution in [2.45, 2.75) is 0 Å². The van der Waals surface area contributed by atoms with Crippen LogP contribution in [0.5, 0.6) is 34.5 Å². The number of ether oxygens (including phenoxy) is 6. The van der Waals surface area contributed by atoms with Crippen LogP contribution in [0.3, 0.4) is 0 Å². The molecule has 0 radical (unpaired) electrons. The molecule has 8 heteroatoms. The van der Waals surface area contributed by atoms with Gasteiger partial charge in [0.05, 0.1) is 38.7 Å². The van der Waals surface area contributed by atoms with Gasteiger partial charge in [0.25, 0.3) is 0 Å². The molecule has 0 unspecified atom stereocenters. The molecule has 0 N–H and O–H groups in total. The van der Waals surface area contributed by atoms with E-state index in [2.05, 4.69) is 6.07 Å². The Morgan fingerprint density at radius 2 is 1.34 bits per heavy atom. The fourth-order valence-electron chi connectivity index (χ4n) is 4.33. The number of para-hydroxylation sites is 1. The van der Waals surface area contributed by atoms with Crippen LogP contribution >= 0.6 is 11.3 Å². The minimum atomic E-state index is 0.349. The average Bonchev–Trinajstić information content (AvgIpc) is 3.46. The van der Waals surface area contributed by atoms with Gasteiger partial charge in [0, 0.05) is 5.56 Å². The van der Waals surface area contributed by atoms with E-state index in [-0.39, 0.29) is 0 Å². The lowest BCUT2D eigenvalue weighted by molar-refractivity contribution is 0.211. The van der Waals surface area contributed by atoms with Crippen molar-refractivity contribution in [1.82, 2.24) is 4.98 Å². The summed E-state index contributed by atoms with van der Waals surface area (Å²) in [7, 11) is 6.40. The van der Waals surface area contributed by atoms with Crippen LogP contribution in [0.2, 0.25) is 0 Å². The summed E-state index contributed by atoms with van der Waals surface area (Å²) in [6, 6.07) is 25.7. The van der Waals surface area contributed by atoms with E-state index in [0.717, 1.165) is 37.7 Å². The summed E-state index contributed by atoms with van der Waals surface area (Å²) < 4.78 is 35.1. The first-order valence-electron chi connectivity index (χ1n) is 13.0. The number of rotatable bonds is 12. The van der Waals surface area contributed by atoms with E-state index in [1.807, 2.05) is 84.9 Å². The Morgan fingerprint density at radius 1 is 0.634 bits per heavy atom. The van der Waals surface area contributed by atoms with E-state index in [1.165, 1.54) is 0 Å². The summed E-state index contributed by atoms with van der Waals surface area (Å²) >= 11 is 1.67. The Kier molecular flexibility index (Phi) is 8.91. The summed E-state index contributed by atoms with van der Waals surface area (Å²) in [6.07, 6.45) is 3.95. The molecule has 0 saturated heterocycles. The molecule has 0 aliphatic rings. The number of hydrogen-bond acceptors (Lipinski definition) is 8. The fraction of sp³-hybridized carbons (Fsp3) is 0.182. The van der Waals surface area contributed by atoms with Crippen molar-refractivity contribution in [3.8, 4) is 45.1 Å². The number of thiazole rings is 1. The summed E-state index contributed by atoms with van der Waals surface area (Å²) in [5, 5.41) is 0.967. The maximum absolute atomic E-state index is 6.05. The Labute approximate surface area is 243 Å². The van der Waals surface area contributed by atoms with Gasteiger partial charge in [-0.25, -0.2) is 4.98 Å². The van der Waals surface area contributed by atoms with Crippen molar-refractivity contribution in [2.24, 2.45) is 0 Å². The molecule has 0 saturated carbocycles. The zero-order chi connectivity index (χ0) is 28.6. The smallest absolute Gasteiger partial charge is 0.203 e. The Bertz CT molecular complexity index is 1600. The predicted octanol–water partition coefficient (Wildman–Crippen LogP) is 7.63. The Hall–Kier alpha value is -4.69. The van der Waals surface area contributed by atoms with Crippen molar-refractivity contribution in [2.75, 3.05) is 41.7 Å². The third kappa shape index (κ3) is 6.56. The van der Waals surface area contributed by atoms with E-state index in [0.29, 0.717) is 42.0 Å². The van der Waals surface area contributed by atoms with Crippen molar-refractivity contribution < 1.29 is 28.4 Å². The number of fused-ring (bicyclic) bond motifs is 1. The second kappa shape index (κ2) is 13.1. The topological polar surface area (TPSA) is 68.3 Å². The summed E-state index contributed by atoms with van der Waals surface area (Å²) in [5.74, 6) is 3.78. The SMILES string of the molecule is COc1ccc(C=Cc2cc(OC)c(OC)c(OC)c2)cc1OCCOc1cccc(-c2nc3ccccc3s2)c1. The molecule has 0 atom stereocenters. The quantitative estimate of drug-likeness (QED) is 0.113. The zero-order valence-corrected chi connectivity index (χ0v) is 24.2. The number of aromatic nitrogens is 1. The van der Waals surface area contributed by atoms with Crippen molar-refractivity contribution >= 4 is 33.7 Å². The van der Waals surface area contributed by atoms with E-state index in [9.17, 15) is 0 Å². The van der Waals surface area contributed by atoms with Gasteiger partial charge in [-0.05, 0) is 59.7 Å². The first-order valence-corrected chi connectivity index (χ1v) is 13.8. The molecule has 1 aromatic heterocycles. The lowest BCUT2D eigenvalue weighted by atomic mass is 10.1. The average molecular weight is 570 g/mol. The van der Waals surface area contributed by atoms with Crippen LogP contribution in [0.4, 0.5) is 0 Å². The number of benzene rings is 4. The van der Waals surface area contributed by atoms with Gasteiger partial charge in [0.2, 0.25) is 5.75 Å². The van der Waals surface area contributed by atoms with Gasteiger partial charge >= 0.3 is 0 Å². The van der Waals surface area contributed by atoms with Crippen LogP contribution in [0.1, 0.15) is 11.1 Å².